The molecule has 3 heterocycles. The Morgan fingerprint density at radius 2 is 1.94 bits per heavy atom. The Labute approximate surface area is 184 Å². The van der Waals surface area contributed by atoms with Gasteiger partial charge in [0.1, 0.15) is 5.76 Å². The first-order valence-corrected chi connectivity index (χ1v) is 11.6. The third kappa shape index (κ3) is 5.99. The molecule has 1 aromatic heterocycles. The first-order valence-electron chi connectivity index (χ1n) is 11.6. The van der Waals surface area contributed by atoms with E-state index < -0.39 is 5.92 Å². The van der Waals surface area contributed by atoms with Crippen LogP contribution in [0.15, 0.2) is 34.1 Å². The Balaban J connectivity index is 1.73. The van der Waals surface area contributed by atoms with Gasteiger partial charge in [-0.1, -0.05) is 26.2 Å². The standard InChI is InChI=1S/C24H35N3O4/c1-3-4-13-27-18(2)21(24(30)26-11-7-5-6-8-12-26)15-19(23(27)29)16-22(28)25-17-20-10-9-14-31-20/h9-10,14,19H,3-8,11-13,15-17H2,1-2H3,(H,25,28). The van der Waals surface area contributed by atoms with E-state index in [1.807, 2.05) is 11.8 Å². The highest BCUT2D eigenvalue weighted by Gasteiger charge is 2.37. The zero-order valence-electron chi connectivity index (χ0n) is 18.8. The maximum absolute atomic E-state index is 13.4. The number of hydrogen-bond acceptors (Lipinski definition) is 4. The Morgan fingerprint density at radius 3 is 2.58 bits per heavy atom. The molecule has 31 heavy (non-hydrogen) atoms. The van der Waals surface area contributed by atoms with Crippen LogP contribution in [-0.4, -0.2) is 47.2 Å². The summed E-state index contributed by atoms with van der Waals surface area (Å²) in [4.78, 5) is 42.8. The van der Waals surface area contributed by atoms with Crippen LogP contribution in [0.1, 0.15) is 71.0 Å². The second-order valence-electron chi connectivity index (χ2n) is 8.58. The van der Waals surface area contributed by atoms with Crippen molar-refractivity contribution in [1.82, 2.24) is 15.1 Å². The number of nitrogens with zero attached hydrogens (tertiary/aromatic N) is 2. The van der Waals surface area contributed by atoms with Gasteiger partial charge in [0.2, 0.25) is 11.8 Å². The Morgan fingerprint density at radius 1 is 1.19 bits per heavy atom. The Hall–Kier alpha value is -2.57. The van der Waals surface area contributed by atoms with Crippen LogP contribution in [0.3, 0.4) is 0 Å². The van der Waals surface area contributed by atoms with E-state index in [1.165, 1.54) is 0 Å². The number of amides is 3. The molecule has 1 fully saturated rings. The van der Waals surface area contributed by atoms with Gasteiger partial charge < -0.3 is 19.5 Å². The SMILES string of the molecule is CCCCN1C(=O)C(CC(=O)NCc2ccco2)CC(C(=O)N2CCCCCC2)=C1C. The second-order valence-corrected chi connectivity index (χ2v) is 8.58. The summed E-state index contributed by atoms with van der Waals surface area (Å²) in [6, 6.07) is 3.56. The molecule has 7 heteroatoms. The third-order valence-electron chi connectivity index (χ3n) is 6.27. The van der Waals surface area contributed by atoms with Gasteiger partial charge in [-0.25, -0.2) is 0 Å². The van der Waals surface area contributed by atoms with Crippen molar-refractivity contribution in [2.75, 3.05) is 19.6 Å². The van der Waals surface area contributed by atoms with Crippen LogP contribution in [0, 0.1) is 5.92 Å². The van der Waals surface area contributed by atoms with Crippen molar-refractivity contribution in [2.24, 2.45) is 5.92 Å². The average Bonchev–Trinajstić information content (AvgIpc) is 3.14. The molecule has 0 aliphatic carbocycles. The van der Waals surface area contributed by atoms with Gasteiger partial charge in [-0.3, -0.25) is 14.4 Å². The molecule has 1 aromatic rings. The molecular weight excluding hydrogens is 394 g/mol. The Bertz CT molecular complexity index is 792. The molecule has 1 atom stereocenters. The highest BCUT2D eigenvalue weighted by molar-refractivity contribution is 5.98. The summed E-state index contributed by atoms with van der Waals surface area (Å²) in [7, 11) is 0. The molecule has 1 unspecified atom stereocenters. The minimum Gasteiger partial charge on any atom is -0.467 e. The van der Waals surface area contributed by atoms with Gasteiger partial charge in [-0.15, -0.1) is 0 Å². The third-order valence-corrected chi connectivity index (χ3v) is 6.27. The van der Waals surface area contributed by atoms with Crippen molar-refractivity contribution in [2.45, 2.75) is 71.8 Å². The maximum atomic E-state index is 13.4. The van der Waals surface area contributed by atoms with Crippen LogP contribution in [0.5, 0.6) is 0 Å². The van der Waals surface area contributed by atoms with E-state index in [0.717, 1.165) is 57.3 Å². The number of likely N-dealkylation sites (tertiary alicyclic amines) is 1. The topological polar surface area (TPSA) is 82.9 Å². The summed E-state index contributed by atoms with van der Waals surface area (Å²) in [6.07, 6.45) is 8.15. The van der Waals surface area contributed by atoms with Crippen LogP contribution in [0.2, 0.25) is 0 Å². The zero-order chi connectivity index (χ0) is 22.2. The smallest absolute Gasteiger partial charge is 0.251 e. The van der Waals surface area contributed by atoms with Crippen LogP contribution in [-0.2, 0) is 20.9 Å². The molecule has 1 saturated heterocycles. The monoisotopic (exact) mass is 429 g/mol. The highest BCUT2D eigenvalue weighted by Crippen LogP contribution is 2.31. The van der Waals surface area contributed by atoms with Gasteiger partial charge in [0.15, 0.2) is 0 Å². The first-order chi connectivity index (χ1) is 15.0. The summed E-state index contributed by atoms with van der Waals surface area (Å²) in [5, 5.41) is 2.82. The van der Waals surface area contributed by atoms with Crippen molar-refractivity contribution >= 4 is 17.7 Å². The van der Waals surface area contributed by atoms with E-state index in [4.69, 9.17) is 4.42 Å². The summed E-state index contributed by atoms with van der Waals surface area (Å²) >= 11 is 0. The van der Waals surface area contributed by atoms with Crippen molar-refractivity contribution in [3.63, 3.8) is 0 Å². The van der Waals surface area contributed by atoms with Crippen molar-refractivity contribution < 1.29 is 18.8 Å². The average molecular weight is 430 g/mol. The van der Waals surface area contributed by atoms with Gasteiger partial charge >= 0.3 is 0 Å². The maximum Gasteiger partial charge on any atom is 0.251 e. The molecule has 170 valence electrons. The number of hydrogen-bond donors (Lipinski definition) is 1. The second kappa shape index (κ2) is 11.2. The van der Waals surface area contributed by atoms with Gasteiger partial charge in [0.05, 0.1) is 18.7 Å². The van der Waals surface area contributed by atoms with Crippen LogP contribution in [0.4, 0.5) is 0 Å². The first kappa shape index (κ1) is 23.1. The molecule has 2 aliphatic rings. The number of nitrogens with one attached hydrogen (secondary N) is 1. The van der Waals surface area contributed by atoms with Gasteiger partial charge in [0, 0.05) is 37.3 Å². The molecule has 0 radical (unpaired) electrons. The number of carbonyl (C=O) groups is 3. The van der Waals surface area contributed by atoms with E-state index >= 15 is 0 Å². The van der Waals surface area contributed by atoms with E-state index in [9.17, 15) is 14.4 Å². The summed E-state index contributed by atoms with van der Waals surface area (Å²) in [5.74, 6) is -0.0593. The molecule has 3 amide bonds. The fraction of sp³-hybridized carbons (Fsp3) is 0.625. The van der Waals surface area contributed by atoms with E-state index in [-0.39, 0.29) is 24.1 Å². The predicted molar refractivity (Wildman–Crippen MR) is 118 cm³/mol. The molecular formula is C24H35N3O4. The van der Waals surface area contributed by atoms with Gasteiger partial charge in [-0.05, 0) is 44.7 Å². The molecule has 7 nitrogen and oxygen atoms in total. The highest BCUT2D eigenvalue weighted by atomic mass is 16.3. The summed E-state index contributed by atoms with van der Waals surface area (Å²) in [5.41, 5.74) is 1.46. The van der Waals surface area contributed by atoms with Crippen LogP contribution >= 0.6 is 0 Å². The van der Waals surface area contributed by atoms with Crippen molar-refractivity contribution in [3.05, 3.63) is 35.4 Å². The minimum atomic E-state index is -0.511. The fourth-order valence-corrected chi connectivity index (χ4v) is 4.39. The lowest BCUT2D eigenvalue weighted by Gasteiger charge is -2.36. The lowest BCUT2D eigenvalue weighted by Crippen LogP contribution is -2.45. The zero-order valence-corrected chi connectivity index (χ0v) is 18.8. The molecule has 0 aromatic carbocycles. The Kier molecular flexibility index (Phi) is 8.32. The van der Waals surface area contributed by atoms with Crippen LogP contribution < -0.4 is 5.32 Å². The minimum absolute atomic E-state index is 0.0365. The van der Waals surface area contributed by atoms with Gasteiger partial charge in [-0.2, -0.15) is 0 Å². The lowest BCUT2D eigenvalue weighted by atomic mass is 9.88. The lowest BCUT2D eigenvalue weighted by molar-refractivity contribution is -0.138. The number of unbranched alkanes of at least 4 members (excludes halogenated alkanes) is 1. The number of allylic oxidation sites excluding steroid dienone is 1. The van der Waals surface area contributed by atoms with Crippen molar-refractivity contribution in [3.8, 4) is 0 Å². The number of carbonyl (C=O) groups excluding carboxylic acids is 3. The normalized spacial score (nSPS) is 20.1. The molecule has 0 saturated carbocycles. The molecule has 0 spiro atoms. The quantitative estimate of drug-likeness (QED) is 0.684. The number of rotatable bonds is 8. The summed E-state index contributed by atoms with van der Waals surface area (Å²) < 4.78 is 5.25. The van der Waals surface area contributed by atoms with E-state index in [2.05, 4.69) is 12.2 Å². The van der Waals surface area contributed by atoms with Crippen LogP contribution in [0.25, 0.3) is 0 Å². The summed E-state index contributed by atoms with van der Waals surface area (Å²) in [6.45, 7) is 6.38. The largest absolute Gasteiger partial charge is 0.467 e. The molecule has 0 bridgehead atoms. The molecule has 2 aliphatic heterocycles. The predicted octanol–water partition coefficient (Wildman–Crippen LogP) is 3.61. The molecule has 1 N–H and O–H groups in total. The van der Waals surface area contributed by atoms with Crippen molar-refractivity contribution in [1.29, 1.82) is 0 Å². The number of furan rings is 1. The fourth-order valence-electron chi connectivity index (χ4n) is 4.39. The molecule has 3 rings (SSSR count). The van der Waals surface area contributed by atoms with E-state index in [1.54, 1.807) is 23.3 Å². The van der Waals surface area contributed by atoms with E-state index in [0.29, 0.717) is 30.8 Å². The van der Waals surface area contributed by atoms with Gasteiger partial charge in [0.25, 0.3) is 5.91 Å².